The maximum Gasteiger partial charge on any atom is 0.335 e. The molecule has 0 bridgehead atoms. The van der Waals surface area contributed by atoms with Crippen molar-refractivity contribution in [1.82, 2.24) is 5.32 Å². The average Bonchev–Trinajstić information content (AvgIpc) is 2.38. The van der Waals surface area contributed by atoms with E-state index in [0.29, 0.717) is 11.6 Å². The largest absolute Gasteiger partial charge is 0.478 e. The molecule has 0 radical (unpaired) electrons. The molecule has 0 spiro atoms. The second-order valence-corrected chi connectivity index (χ2v) is 5.43. The third-order valence-electron chi connectivity index (χ3n) is 3.90. The molecule has 19 heavy (non-hydrogen) atoms. The van der Waals surface area contributed by atoms with Crippen molar-refractivity contribution in [1.29, 1.82) is 0 Å². The van der Waals surface area contributed by atoms with Gasteiger partial charge >= 0.3 is 5.97 Å². The lowest BCUT2D eigenvalue weighted by molar-refractivity contribution is 0.0697. The molecule has 1 aromatic rings. The van der Waals surface area contributed by atoms with E-state index in [1.807, 2.05) is 12.1 Å². The Morgan fingerprint density at radius 2 is 1.63 bits per heavy atom. The Bertz CT molecular complexity index is 392. The van der Waals surface area contributed by atoms with E-state index < -0.39 is 5.97 Å². The van der Waals surface area contributed by atoms with Crippen LogP contribution in [-0.2, 0) is 6.54 Å². The fraction of sp³-hybridized carbons (Fsp3) is 0.562. The summed E-state index contributed by atoms with van der Waals surface area (Å²) in [4.78, 5) is 10.8. The Morgan fingerprint density at radius 3 is 2.21 bits per heavy atom. The molecule has 1 aromatic carbocycles. The minimum Gasteiger partial charge on any atom is -0.478 e. The Kier molecular flexibility index (Phi) is 5.40. The lowest BCUT2D eigenvalue weighted by Crippen LogP contribution is -2.29. The smallest absolute Gasteiger partial charge is 0.335 e. The van der Waals surface area contributed by atoms with Gasteiger partial charge in [0.1, 0.15) is 0 Å². The van der Waals surface area contributed by atoms with Gasteiger partial charge in [0.25, 0.3) is 0 Å². The zero-order valence-electron chi connectivity index (χ0n) is 11.4. The highest BCUT2D eigenvalue weighted by Crippen LogP contribution is 2.17. The normalized spacial score (nSPS) is 17.7. The van der Waals surface area contributed by atoms with Gasteiger partial charge in [-0.1, -0.05) is 44.2 Å². The maximum atomic E-state index is 10.8. The van der Waals surface area contributed by atoms with Gasteiger partial charge in [0.05, 0.1) is 5.56 Å². The van der Waals surface area contributed by atoms with Gasteiger partial charge in [0, 0.05) is 12.6 Å². The molecule has 0 atom stereocenters. The monoisotopic (exact) mass is 261 g/mol. The number of aromatic carboxylic acids is 1. The molecule has 104 valence electrons. The molecule has 2 N–H and O–H groups in total. The number of benzene rings is 1. The number of hydrogen-bond donors (Lipinski definition) is 2. The minimum absolute atomic E-state index is 0.356. The molecule has 3 nitrogen and oxygen atoms in total. The summed E-state index contributed by atoms with van der Waals surface area (Å²) in [5.74, 6) is -0.862. The highest BCUT2D eigenvalue weighted by molar-refractivity contribution is 5.87. The zero-order valence-corrected chi connectivity index (χ0v) is 11.4. The molecule has 0 amide bonds. The number of carbonyl (C=O) groups is 1. The molecule has 1 fully saturated rings. The molecule has 1 aliphatic rings. The lowest BCUT2D eigenvalue weighted by atomic mass is 9.96. The number of carboxylic acid groups (broad SMARTS) is 1. The van der Waals surface area contributed by atoms with Gasteiger partial charge in [-0.3, -0.25) is 0 Å². The van der Waals surface area contributed by atoms with E-state index in [1.54, 1.807) is 12.1 Å². The third kappa shape index (κ3) is 4.67. The molecule has 0 unspecified atom stereocenters. The van der Waals surface area contributed by atoms with Gasteiger partial charge in [-0.25, -0.2) is 4.79 Å². The van der Waals surface area contributed by atoms with E-state index in [2.05, 4.69) is 5.32 Å². The number of nitrogens with one attached hydrogen (secondary N) is 1. The number of hydrogen-bond acceptors (Lipinski definition) is 2. The summed E-state index contributed by atoms with van der Waals surface area (Å²) < 4.78 is 0. The SMILES string of the molecule is O=C(O)c1ccc(CNC2CCCCCCC2)cc1. The molecule has 2 rings (SSSR count). The molecule has 3 heteroatoms. The fourth-order valence-corrected chi connectivity index (χ4v) is 2.69. The van der Waals surface area contributed by atoms with Crippen LogP contribution in [0.1, 0.15) is 60.9 Å². The zero-order chi connectivity index (χ0) is 13.5. The molecular formula is C16H23NO2. The molecular weight excluding hydrogens is 238 g/mol. The van der Waals surface area contributed by atoms with Crippen molar-refractivity contribution in [3.63, 3.8) is 0 Å². The van der Waals surface area contributed by atoms with Gasteiger partial charge in [0.15, 0.2) is 0 Å². The second kappa shape index (κ2) is 7.29. The summed E-state index contributed by atoms with van der Waals surface area (Å²) in [5.41, 5.74) is 1.52. The number of rotatable bonds is 4. The van der Waals surface area contributed by atoms with Gasteiger partial charge in [-0.2, -0.15) is 0 Å². The van der Waals surface area contributed by atoms with Gasteiger partial charge in [-0.15, -0.1) is 0 Å². The summed E-state index contributed by atoms with van der Waals surface area (Å²) in [6, 6.07) is 7.78. The predicted molar refractivity (Wildman–Crippen MR) is 76.3 cm³/mol. The van der Waals surface area contributed by atoms with E-state index in [-0.39, 0.29) is 0 Å². The lowest BCUT2D eigenvalue weighted by Gasteiger charge is -2.21. The quantitative estimate of drug-likeness (QED) is 0.870. The van der Waals surface area contributed by atoms with Gasteiger partial charge in [-0.05, 0) is 30.5 Å². The predicted octanol–water partition coefficient (Wildman–Crippen LogP) is 3.59. The summed E-state index contributed by atoms with van der Waals surface area (Å²) in [6.07, 6.45) is 9.33. The second-order valence-electron chi connectivity index (χ2n) is 5.43. The van der Waals surface area contributed by atoms with Crippen molar-refractivity contribution in [2.24, 2.45) is 0 Å². The van der Waals surface area contributed by atoms with E-state index in [1.165, 1.54) is 44.9 Å². The standard InChI is InChI=1S/C16H23NO2/c18-16(19)14-10-8-13(9-11-14)12-17-15-6-4-2-1-3-5-7-15/h8-11,15,17H,1-7,12H2,(H,18,19). The van der Waals surface area contributed by atoms with Crippen LogP contribution >= 0.6 is 0 Å². The van der Waals surface area contributed by atoms with E-state index in [4.69, 9.17) is 5.11 Å². The molecule has 0 heterocycles. The Hall–Kier alpha value is -1.35. The van der Waals surface area contributed by atoms with Gasteiger partial charge < -0.3 is 10.4 Å². The minimum atomic E-state index is -0.862. The Labute approximate surface area is 115 Å². The highest BCUT2D eigenvalue weighted by Gasteiger charge is 2.10. The summed E-state index contributed by atoms with van der Waals surface area (Å²) in [7, 11) is 0. The van der Waals surface area contributed by atoms with Crippen LogP contribution in [-0.4, -0.2) is 17.1 Å². The van der Waals surface area contributed by atoms with Crippen molar-refractivity contribution >= 4 is 5.97 Å². The molecule has 1 saturated carbocycles. The summed E-state index contributed by atoms with van der Waals surface area (Å²) in [5, 5.41) is 12.5. The van der Waals surface area contributed by atoms with Crippen LogP contribution < -0.4 is 5.32 Å². The van der Waals surface area contributed by atoms with Crippen molar-refractivity contribution < 1.29 is 9.90 Å². The first-order chi connectivity index (χ1) is 9.25. The van der Waals surface area contributed by atoms with E-state index in [9.17, 15) is 4.79 Å². The summed E-state index contributed by atoms with van der Waals surface area (Å²) >= 11 is 0. The number of carboxylic acids is 1. The van der Waals surface area contributed by atoms with Crippen LogP contribution in [0.3, 0.4) is 0 Å². The first-order valence-electron chi connectivity index (χ1n) is 7.31. The Balaban J connectivity index is 1.81. The van der Waals surface area contributed by atoms with Crippen LogP contribution in [0.4, 0.5) is 0 Å². The van der Waals surface area contributed by atoms with Crippen LogP contribution in [0, 0.1) is 0 Å². The van der Waals surface area contributed by atoms with Crippen molar-refractivity contribution in [3.8, 4) is 0 Å². The molecule has 1 aliphatic carbocycles. The van der Waals surface area contributed by atoms with Crippen molar-refractivity contribution in [2.45, 2.75) is 57.5 Å². The van der Waals surface area contributed by atoms with Crippen LogP contribution in [0.2, 0.25) is 0 Å². The van der Waals surface area contributed by atoms with E-state index >= 15 is 0 Å². The van der Waals surface area contributed by atoms with Crippen molar-refractivity contribution in [2.75, 3.05) is 0 Å². The van der Waals surface area contributed by atoms with Crippen molar-refractivity contribution in [3.05, 3.63) is 35.4 Å². The Morgan fingerprint density at radius 1 is 1.05 bits per heavy atom. The van der Waals surface area contributed by atoms with E-state index in [0.717, 1.165) is 12.1 Å². The fourth-order valence-electron chi connectivity index (χ4n) is 2.69. The topological polar surface area (TPSA) is 49.3 Å². The highest BCUT2D eigenvalue weighted by atomic mass is 16.4. The first kappa shape index (κ1) is 14.1. The summed E-state index contributed by atoms with van der Waals surface area (Å²) in [6.45, 7) is 0.838. The van der Waals surface area contributed by atoms with Crippen LogP contribution in [0.5, 0.6) is 0 Å². The third-order valence-corrected chi connectivity index (χ3v) is 3.90. The molecule has 0 saturated heterocycles. The van der Waals surface area contributed by atoms with Crippen LogP contribution in [0.15, 0.2) is 24.3 Å². The molecule has 0 aromatic heterocycles. The van der Waals surface area contributed by atoms with Gasteiger partial charge in [0.2, 0.25) is 0 Å². The molecule has 0 aliphatic heterocycles. The average molecular weight is 261 g/mol. The maximum absolute atomic E-state index is 10.8. The van der Waals surface area contributed by atoms with Crippen LogP contribution in [0.25, 0.3) is 0 Å². The first-order valence-corrected chi connectivity index (χ1v) is 7.31.